The molecule has 0 amide bonds. The molecule has 8 nitrogen and oxygen atoms in total. The number of allylic oxidation sites excluding steroid dienone is 2. The molecule has 8 heteroatoms. The number of carbonyl (C=O) groups excluding carboxylic acids is 2. The Kier molecular flexibility index (Phi) is 9.19. The quantitative estimate of drug-likeness (QED) is 0.249. The Balaban J connectivity index is 1.15. The number of rotatable bonds is 9. The minimum atomic E-state index is -1.15. The molecule has 0 radical (unpaired) electrons. The molecule has 0 spiro atoms. The first kappa shape index (κ1) is 37.3. The second kappa shape index (κ2) is 12.8. The van der Waals surface area contributed by atoms with Gasteiger partial charge in [0.05, 0.1) is 29.4 Å². The molecule has 1 aromatic heterocycles. The third-order valence-electron chi connectivity index (χ3n) is 15.8. The number of ketones is 1. The lowest BCUT2D eigenvalue weighted by Crippen LogP contribution is -2.63. The van der Waals surface area contributed by atoms with Crippen LogP contribution in [0.3, 0.4) is 0 Å². The SMILES string of the molecule is CC(C)C1=C2C3CCC4C(C)(CCC5C(C)(C)C(OC(=O)CC(C)(C)C(=O)O)CCC54C)C3CCC2(CCn2c(CN)nc3ccccc32)CC1=O. The third kappa shape index (κ3) is 5.62. The number of carboxylic acid groups (broad SMARTS) is 1. The van der Waals surface area contributed by atoms with Crippen molar-refractivity contribution in [2.45, 2.75) is 145 Å². The molecule has 1 aromatic carbocycles. The molecule has 284 valence electrons. The average Bonchev–Trinajstić information content (AvgIpc) is 3.58. The maximum absolute atomic E-state index is 14.1. The molecule has 1 heterocycles. The molecule has 5 aliphatic rings. The van der Waals surface area contributed by atoms with Crippen LogP contribution in [-0.2, 0) is 32.2 Å². The number of carboxylic acids is 1. The highest BCUT2D eigenvalue weighted by Gasteiger charge is 2.66. The van der Waals surface area contributed by atoms with E-state index in [0.29, 0.717) is 42.4 Å². The van der Waals surface area contributed by atoms with Crippen molar-refractivity contribution in [1.29, 1.82) is 0 Å². The summed E-state index contributed by atoms with van der Waals surface area (Å²) in [5, 5.41) is 9.61. The fraction of sp³-hybridized carbons (Fsp3) is 0.727. The lowest BCUT2D eigenvalue weighted by atomic mass is 9.36. The molecule has 8 atom stereocenters. The van der Waals surface area contributed by atoms with E-state index in [1.165, 1.54) is 12.0 Å². The number of Topliss-reactive ketones (excluding diaryl/α,β-unsaturated/α-hetero) is 1. The van der Waals surface area contributed by atoms with Crippen molar-refractivity contribution in [3.05, 3.63) is 41.2 Å². The van der Waals surface area contributed by atoms with Crippen molar-refractivity contribution in [3.8, 4) is 0 Å². The molecule has 4 fully saturated rings. The predicted molar refractivity (Wildman–Crippen MR) is 203 cm³/mol. The van der Waals surface area contributed by atoms with Crippen LogP contribution >= 0.6 is 0 Å². The van der Waals surface area contributed by atoms with Gasteiger partial charge in [0, 0.05) is 23.8 Å². The van der Waals surface area contributed by atoms with E-state index in [1.807, 2.05) is 6.07 Å². The second-order valence-electron chi connectivity index (χ2n) is 19.7. The Hall–Kier alpha value is -3.00. The van der Waals surface area contributed by atoms with Crippen molar-refractivity contribution >= 4 is 28.8 Å². The van der Waals surface area contributed by atoms with Crippen molar-refractivity contribution in [3.63, 3.8) is 0 Å². The van der Waals surface area contributed by atoms with Crippen molar-refractivity contribution < 1.29 is 24.2 Å². The van der Waals surface area contributed by atoms with Crippen LogP contribution in [0.1, 0.15) is 132 Å². The Morgan fingerprint density at radius 3 is 2.40 bits per heavy atom. The maximum atomic E-state index is 14.1. The summed E-state index contributed by atoms with van der Waals surface area (Å²) in [4.78, 5) is 43.8. The number of aryl methyl sites for hydroxylation is 1. The van der Waals surface area contributed by atoms with Gasteiger partial charge in [-0.2, -0.15) is 0 Å². The number of esters is 1. The van der Waals surface area contributed by atoms with Gasteiger partial charge < -0.3 is 20.1 Å². The standard InChI is InChI=1S/C44H63N3O5/c1-26(2)37-31(48)23-44(21-22-47-30-12-10-9-11-29(30)46-35(47)25-45)20-15-28-27(38(37)44)13-14-33-42(28,7)18-16-32-41(5,6)34(17-19-43(32,33)8)52-36(49)24-40(3,4)39(50)51/h9-12,26-28,32-34H,13-25,45H2,1-8H3,(H,50,51). The number of nitrogens with zero attached hydrogens (tertiary/aromatic N) is 2. The van der Waals surface area contributed by atoms with Crippen LogP contribution in [0.4, 0.5) is 0 Å². The maximum Gasteiger partial charge on any atom is 0.309 e. The fourth-order valence-electron chi connectivity index (χ4n) is 13.4. The zero-order valence-electron chi connectivity index (χ0n) is 33.0. The largest absolute Gasteiger partial charge is 0.481 e. The van der Waals surface area contributed by atoms with E-state index in [-0.39, 0.29) is 40.1 Å². The number of aliphatic carboxylic acids is 1. The first-order valence-corrected chi connectivity index (χ1v) is 20.2. The van der Waals surface area contributed by atoms with Gasteiger partial charge in [-0.05, 0) is 130 Å². The van der Waals surface area contributed by atoms with Crippen LogP contribution in [0.25, 0.3) is 11.0 Å². The number of ether oxygens (including phenoxy) is 1. The normalized spacial score (nSPS) is 35.6. The van der Waals surface area contributed by atoms with Crippen molar-refractivity contribution in [1.82, 2.24) is 9.55 Å². The van der Waals surface area contributed by atoms with E-state index in [2.05, 4.69) is 64.3 Å². The molecule has 52 heavy (non-hydrogen) atoms. The van der Waals surface area contributed by atoms with Gasteiger partial charge in [0.1, 0.15) is 11.9 Å². The van der Waals surface area contributed by atoms with E-state index in [0.717, 1.165) is 80.3 Å². The lowest BCUT2D eigenvalue weighted by Gasteiger charge is -2.69. The van der Waals surface area contributed by atoms with E-state index in [1.54, 1.807) is 13.8 Å². The van der Waals surface area contributed by atoms with Gasteiger partial charge in [0.15, 0.2) is 5.78 Å². The highest BCUT2D eigenvalue weighted by Crippen LogP contribution is 2.73. The van der Waals surface area contributed by atoms with E-state index in [4.69, 9.17) is 15.5 Å². The highest BCUT2D eigenvalue weighted by atomic mass is 16.5. The van der Waals surface area contributed by atoms with Crippen molar-refractivity contribution in [2.24, 2.45) is 62.4 Å². The molecular weight excluding hydrogens is 651 g/mol. The predicted octanol–water partition coefficient (Wildman–Crippen LogP) is 8.89. The third-order valence-corrected chi connectivity index (χ3v) is 15.8. The number of para-hydroxylation sites is 2. The van der Waals surface area contributed by atoms with E-state index < -0.39 is 17.4 Å². The summed E-state index contributed by atoms with van der Waals surface area (Å²) >= 11 is 0. The topological polar surface area (TPSA) is 125 Å². The Morgan fingerprint density at radius 1 is 1.00 bits per heavy atom. The first-order valence-electron chi connectivity index (χ1n) is 20.2. The van der Waals surface area contributed by atoms with Crippen LogP contribution in [0, 0.1) is 56.7 Å². The molecule has 7 rings (SSSR count). The van der Waals surface area contributed by atoms with Gasteiger partial charge in [0.25, 0.3) is 0 Å². The molecular formula is C44H63N3O5. The molecule has 0 saturated heterocycles. The number of aromatic nitrogens is 2. The van der Waals surface area contributed by atoms with Crippen LogP contribution in [0.5, 0.6) is 0 Å². The Morgan fingerprint density at radius 2 is 1.71 bits per heavy atom. The van der Waals surface area contributed by atoms with Crippen LogP contribution < -0.4 is 5.73 Å². The monoisotopic (exact) mass is 713 g/mol. The summed E-state index contributed by atoms with van der Waals surface area (Å²) in [5.74, 6) is 2.11. The summed E-state index contributed by atoms with van der Waals surface area (Å²) < 4.78 is 8.49. The summed E-state index contributed by atoms with van der Waals surface area (Å²) in [6, 6.07) is 8.31. The highest BCUT2D eigenvalue weighted by molar-refractivity contribution is 6.00. The van der Waals surface area contributed by atoms with E-state index in [9.17, 15) is 19.5 Å². The van der Waals surface area contributed by atoms with Gasteiger partial charge in [-0.1, -0.05) is 59.2 Å². The van der Waals surface area contributed by atoms with E-state index >= 15 is 0 Å². The fourth-order valence-corrected chi connectivity index (χ4v) is 13.4. The zero-order valence-corrected chi connectivity index (χ0v) is 33.0. The molecule has 3 N–H and O–H groups in total. The molecule has 0 bridgehead atoms. The van der Waals surface area contributed by atoms with Gasteiger partial charge in [-0.15, -0.1) is 0 Å². The Bertz CT molecular complexity index is 1800. The molecule has 4 saturated carbocycles. The lowest BCUT2D eigenvalue weighted by molar-refractivity contribution is -0.214. The number of imidazole rings is 1. The minimum Gasteiger partial charge on any atom is -0.481 e. The molecule has 8 unspecified atom stereocenters. The van der Waals surface area contributed by atoms with Gasteiger partial charge in [0.2, 0.25) is 0 Å². The van der Waals surface area contributed by atoms with Gasteiger partial charge in [-0.3, -0.25) is 14.4 Å². The molecule has 5 aliphatic carbocycles. The minimum absolute atomic E-state index is 0.0987. The first-order chi connectivity index (χ1) is 24.4. The summed E-state index contributed by atoms with van der Waals surface area (Å²) in [5.41, 5.74) is 9.85. The number of nitrogens with two attached hydrogens (primary N) is 1. The smallest absolute Gasteiger partial charge is 0.309 e. The van der Waals surface area contributed by atoms with Gasteiger partial charge >= 0.3 is 11.9 Å². The summed E-state index contributed by atoms with van der Waals surface area (Å²) in [7, 11) is 0. The number of fused-ring (bicyclic) bond motifs is 8. The average molecular weight is 714 g/mol. The second-order valence-corrected chi connectivity index (χ2v) is 19.7. The number of benzene rings is 1. The van der Waals surface area contributed by atoms with Crippen LogP contribution in [0.15, 0.2) is 35.4 Å². The van der Waals surface area contributed by atoms with Crippen LogP contribution in [0.2, 0.25) is 0 Å². The summed E-state index contributed by atoms with van der Waals surface area (Å²) in [6.07, 6.45) is 9.87. The van der Waals surface area contributed by atoms with Crippen LogP contribution in [-0.4, -0.2) is 38.5 Å². The zero-order chi connectivity index (χ0) is 37.6. The number of hydrogen-bond donors (Lipinski definition) is 2. The summed E-state index contributed by atoms with van der Waals surface area (Å²) in [6.45, 7) is 18.6. The molecule has 0 aliphatic heterocycles. The molecule has 2 aromatic rings. The Labute approximate surface area is 310 Å². The van der Waals surface area contributed by atoms with Crippen molar-refractivity contribution in [2.75, 3.05) is 0 Å². The number of carbonyl (C=O) groups is 3. The number of hydrogen-bond acceptors (Lipinski definition) is 6. The van der Waals surface area contributed by atoms with Gasteiger partial charge in [-0.25, -0.2) is 4.98 Å².